The highest BCUT2D eigenvalue weighted by molar-refractivity contribution is 7.94. The Bertz CT molecular complexity index is 537. The first kappa shape index (κ1) is 14.5. The SMILES string of the molecule is CC(C)c1ccccc1NS(=O)(=O)C(C)C(=O)O. The number of sulfonamides is 1. The summed E-state index contributed by atoms with van der Waals surface area (Å²) in [5.41, 5.74) is 1.26. The van der Waals surface area contributed by atoms with E-state index in [1.165, 1.54) is 0 Å². The number of benzene rings is 1. The maximum Gasteiger partial charge on any atom is 0.323 e. The standard InChI is InChI=1S/C12H17NO4S/c1-8(2)10-6-4-5-7-11(10)13-18(16,17)9(3)12(14)15/h4-9,13H,1-3H3,(H,14,15). The van der Waals surface area contributed by atoms with Gasteiger partial charge < -0.3 is 5.11 Å². The number of carbonyl (C=O) groups is 1. The molecule has 1 atom stereocenters. The number of para-hydroxylation sites is 1. The molecular weight excluding hydrogens is 254 g/mol. The zero-order valence-corrected chi connectivity index (χ0v) is 11.4. The molecule has 1 aromatic rings. The van der Waals surface area contributed by atoms with Gasteiger partial charge in [0.05, 0.1) is 5.69 Å². The summed E-state index contributed by atoms with van der Waals surface area (Å²) in [4.78, 5) is 10.7. The van der Waals surface area contributed by atoms with Crippen molar-refractivity contribution >= 4 is 21.7 Å². The Labute approximate surface area is 107 Å². The molecule has 0 fully saturated rings. The summed E-state index contributed by atoms with van der Waals surface area (Å²) in [6.07, 6.45) is 0. The van der Waals surface area contributed by atoms with Crippen molar-refractivity contribution in [2.75, 3.05) is 4.72 Å². The van der Waals surface area contributed by atoms with Crippen molar-refractivity contribution < 1.29 is 18.3 Å². The summed E-state index contributed by atoms with van der Waals surface area (Å²) in [5, 5.41) is 7.27. The summed E-state index contributed by atoms with van der Waals surface area (Å²) < 4.78 is 26.0. The third-order valence-electron chi connectivity index (χ3n) is 2.65. The number of nitrogens with one attached hydrogen (secondary N) is 1. The second-order valence-corrected chi connectivity index (χ2v) is 6.37. The molecule has 6 heteroatoms. The van der Waals surface area contributed by atoms with Gasteiger partial charge in [0, 0.05) is 0 Å². The van der Waals surface area contributed by atoms with E-state index in [9.17, 15) is 13.2 Å². The van der Waals surface area contributed by atoms with Crippen molar-refractivity contribution in [2.24, 2.45) is 0 Å². The van der Waals surface area contributed by atoms with E-state index in [0.717, 1.165) is 12.5 Å². The van der Waals surface area contributed by atoms with Crippen LogP contribution in [0.1, 0.15) is 32.3 Å². The van der Waals surface area contributed by atoms with Crippen molar-refractivity contribution in [3.05, 3.63) is 29.8 Å². The topological polar surface area (TPSA) is 83.5 Å². The molecule has 18 heavy (non-hydrogen) atoms. The lowest BCUT2D eigenvalue weighted by atomic mass is 10.0. The molecule has 0 saturated carbocycles. The molecule has 100 valence electrons. The maximum absolute atomic E-state index is 11.8. The lowest BCUT2D eigenvalue weighted by Gasteiger charge is -2.16. The number of hydrogen-bond donors (Lipinski definition) is 2. The van der Waals surface area contributed by atoms with E-state index >= 15 is 0 Å². The molecular formula is C12H17NO4S. The zero-order chi connectivity index (χ0) is 13.9. The van der Waals surface area contributed by atoms with Gasteiger partial charge in [-0.05, 0) is 24.5 Å². The van der Waals surface area contributed by atoms with E-state index in [1.807, 2.05) is 26.0 Å². The number of anilines is 1. The summed E-state index contributed by atoms with van der Waals surface area (Å²) in [7, 11) is -3.92. The van der Waals surface area contributed by atoms with Gasteiger partial charge in [-0.15, -0.1) is 0 Å². The van der Waals surface area contributed by atoms with Crippen LogP contribution in [0.3, 0.4) is 0 Å². The minimum absolute atomic E-state index is 0.143. The van der Waals surface area contributed by atoms with E-state index in [1.54, 1.807) is 12.1 Å². The van der Waals surface area contributed by atoms with Crippen LogP contribution in [0.2, 0.25) is 0 Å². The summed E-state index contributed by atoms with van der Waals surface area (Å²) in [6, 6.07) is 6.96. The van der Waals surface area contributed by atoms with Gasteiger partial charge >= 0.3 is 5.97 Å². The van der Waals surface area contributed by atoms with Gasteiger partial charge in [0.25, 0.3) is 0 Å². The highest BCUT2D eigenvalue weighted by Gasteiger charge is 2.28. The molecule has 1 rings (SSSR count). The molecule has 0 aliphatic carbocycles. The normalized spacial score (nSPS) is 13.3. The van der Waals surface area contributed by atoms with Crippen LogP contribution in [0.5, 0.6) is 0 Å². The Morgan fingerprint density at radius 3 is 2.28 bits per heavy atom. The van der Waals surface area contributed by atoms with Crippen LogP contribution < -0.4 is 4.72 Å². The van der Waals surface area contributed by atoms with Crippen molar-refractivity contribution in [3.8, 4) is 0 Å². The van der Waals surface area contributed by atoms with Crippen LogP contribution in [0.4, 0.5) is 5.69 Å². The fourth-order valence-electron chi connectivity index (χ4n) is 1.47. The lowest BCUT2D eigenvalue weighted by molar-refractivity contribution is -0.136. The van der Waals surface area contributed by atoms with Crippen LogP contribution in [-0.2, 0) is 14.8 Å². The van der Waals surface area contributed by atoms with E-state index in [0.29, 0.717) is 5.69 Å². The number of rotatable bonds is 5. The van der Waals surface area contributed by atoms with Crippen LogP contribution in [0.15, 0.2) is 24.3 Å². The number of carboxylic acid groups (broad SMARTS) is 1. The average Bonchev–Trinajstić information content (AvgIpc) is 2.27. The van der Waals surface area contributed by atoms with Crippen molar-refractivity contribution in [1.82, 2.24) is 0 Å². The third-order valence-corrected chi connectivity index (χ3v) is 4.29. The predicted octanol–water partition coefficient (Wildman–Crippen LogP) is 2.02. The first-order valence-corrected chi connectivity index (χ1v) is 7.13. The van der Waals surface area contributed by atoms with E-state index in [2.05, 4.69) is 4.72 Å². The molecule has 1 aromatic carbocycles. The van der Waals surface area contributed by atoms with Crippen LogP contribution in [-0.4, -0.2) is 24.7 Å². The van der Waals surface area contributed by atoms with Crippen molar-refractivity contribution in [2.45, 2.75) is 31.9 Å². The Kier molecular flexibility index (Phi) is 4.34. The minimum Gasteiger partial charge on any atom is -0.480 e. The molecule has 0 amide bonds. The Hall–Kier alpha value is -1.56. The van der Waals surface area contributed by atoms with E-state index in [-0.39, 0.29) is 5.92 Å². The maximum atomic E-state index is 11.8. The molecule has 0 spiro atoms. The van der Waals surface area contributed by atoms with Crippen molar-refractivity contribution in [3.63, 3.8) is 0 Å². The Morgan fingerprint density at radius 1 is 1.22 bits per heavy atom. The fourth-order valence-corrected chi connectivity index (χ4v) is 2.40. The number of aliphatic carboxylic acids is 1. The average molecular weight is 271 g/mol. The second-order valence-electron chi connectivity index (χ2n) is 4.37. The Morgan fingerprint density at radius 2 is 1.78 bits per heavy atom. The fraction of sp³-hybridized carbons (Fsp3) is 0.417. The molecule has 0 radical (unpaired) electrons. The van der Waals surface area contributed by atoms with Gasteiger partial charge in [-0.2, -0.15) is 0 Å². The van der Waals surface area contributed by atoms with Gasteiger partial charge in [0.1, 0.15) is 0 Å². The zero-order valence-electron chi connectivity index (χ0n) is 10.5. The number of hydrogen-bond acceptors (Lipinski definition) is 3. The quantitative estimate of drug-likeness (QED) is 0.858. The van der Waals surface area contributed by atoms with Crippen LogP contribution >= 0.6 is 0 Å². The minimum atomic E-state index is -3.92. The second kappa shape index (κ2) is 5.39. The monoisotopic (exact) mass is 271 g/mol. The molecule has 0 bridgehead atoms. The van der Waals surface area contributed by atoms with E-state index in [4.69, 9.17) is 5.11 Å². The molecule has 0 aliphatic heterocycles. The lowest BCUT2D eigenvalue weighted by Crippen LogP contribution is -2.32. The predicted molar refractivity (Wildman–Crippen MR) is 70.2 cm³/mol. The molecule has 5 nitrogen and oxygen atoms in total. The summed E-state index contributed by atoms with van der Waals surface area (Å²) in [5.74, 6) is -1.23. The highest BCUT2D eigenvalue weighted by Crippen LogP contribution is 2.25. The van der Waals surface area contributed by atoms with Crippen LogP contribution in [0, 0.1) is 0 Å². The van der Waals surface area contributed by atoms with Crippen LogP contribution in [0.25, 0.3) is 0 Å². The molecule has 0 aliphatic rings. The van der Waals surface area contributed by atoms with E-state index < -0.39 is 21.2 Å². The summed E-state index contributed by atoms with van der Waals surface area (Å²) >= 11 is 0. The molecule has 0 heterocycles. The highest BCUT2D eigenvalue weighted by atomic mass is 32.2. The smallest absolute Gasteiger partial charge is 0.323 e. The van der Waals surface area contributed by atoms with Gasteiger partial charge in [0.2, 0.25) is 10.0 Å². The van der Waals surface area contributed by atoms with Gasteiger partial charge in [0.15, 0.2) is 5.25 Å². The Balaban J connectivity index is 3.09. The number of carboxylic acids is 1. The molecule has 0 saturated heterocycles. The molecule has 2 N–H and O–H groups in total. The molecule has 1 unspecified atom stereocenters. The molecule has 0 aromatic heterocycles. The largest absolute Gasteiger partial charge is 0.480 e. The van der Waals surface area contributed by atoms with Crippen molar-refractivity contribution in [1.29, 1.82) is 0 Å². The summed E-state index contributed by atoms with van der Waals surface area (Å²) in [6.45, 7) is 5.02. The van der Waals surface area contributed by atoms with Gasteiger partial charge in [-0.1, -0.05) is 32.0 Å². The van der Waals surface area contributed by atoms with Gasteiger partial charge in [-0.3, -0.25) is 9.52 Å². The first-order valence-electron chi connectivity index (χ1n) is 5.59. The van der Waals surface area contributed by atoms with Gasteiger partial charge in [-0.25, -0.2) is 8.42 Å². The third kappa shape index (κ3) is 3.22. The first-order chi connectivity index (χ1) is 8.25.